The van der Waals surface area contributed by atoms with Crippen LogP contribution in [0.5, 0.6) is 5.75 Å². The average molecular weight is 280 g/mol. The van der Waals surface area contributed by atoms with E-state index in [1.165, 1.54) is 30.6 Å². The summed E-state index contributed by atoms with van der Waals surface area (Å²) in [7, 11) is 1.67. The lowest BCUT2D eigenvalue weighted by Crippen LogP contribution is -2.15. The molecule has 0 aromatic heterocycles. The number of rotatable bonds is 4. The van der Waals surface area contributed by atoms with Gasteiger partial charge in [-0.15, -0.1) is 11.8 Å². The largest absolute Gasteiger partial charge is 0.496 e. The van der Waals surface area contributed by atoms with Gasteiger partial charge in [0.25, 0.3) is 0 Å². The average Bonchev–Trinajstić information content (AvgIpc) is 2.38. The second kappa shape index (κ2) is 6.67. The maximum absolute atomic E-state index is 10.0. The van der Waals surface area contributed by atoms with Gasteiger partial charge in [-0.3, -0.25) is 0 Å². The molecule has 106 valence electrons. The molecule has 1 aliphatic rings. The highest BCUT2D eigenvalue weighted by Gasteiger charge is 2.22. The summed E-state index contributed by atoms with van der Waals surface area (Å²) in [5.74, 6) is 1.62. The normalized spacial score (nSPS) is 25.1. The molecule has 0 heterocycles. The molecule has 1 aromatic carbocycles. The van der Waals surface area contributed by atoms with Crippen molar-refractivity contribution in [1.82, 2.24) is 0 Å². The van der Waals surface area contributed by atoms with E-state index in [-0.39, 0.29) is 0 Å². The topological polar surface area (TPSA) is 29.5 Å². The van der Waals surface area contributed by atoms with Crippen molar-refractivity contribution in [2.75, 3.05) is 7.11 Å². The second-order valence-corrected chi connectivity index (χ2v) is 6.90. The van der Waals surface area contributed by atoms with E-state index in [1.54, 1.807) is 7.11 Å². The van der Waals surface area contributed by atoms with Gasteiger partial charge < -0.3 is 9.84 Å². The SMILES string of the molecule is COc1cccc(SC2CCCC(C)C2)c1C(C)O. The standard InChI is InChI=1S/C16H24O2S/c1-11-6-4-7-13(10-11)19-15-9-5-8-14(18-3)16(15)12(2)17/h5,8-9,11-13,17H,4,6-7,10H2,1-3H3. The van der Waals surface area contributed by atoms with Gasteiger partial charge >= 0.3 is 0 Å². The van der Waals surface area contributed by atoms with Crippen LogP contribution in [0.2, 0.25) is 0 Å². The van der Waals surface area contributed by atoms with Crippen molar-refractivity contribution < 1.29 is 9.84 Å². The first kappa shape index (κ1) is 14.7. The van der Waals surface area contributed by atoms with Crippen molar-refractivity contribution in [1.29, 1.82) is 0 Å². The van der Waals surface area contributed by atoms with Gasteiger partial charge in [0.05, 0.1) is 13.2 Å². The molecule has 0 radical (unpaired) electrons. The van der Waals surface area contributed by atoms with Crippen LogP contribution in [0, 0.1) is 5.92 Å². The van der Waals surface area contributed by atoms with E-state index in [1.807, 2.05) is 30.8 Å². The van der Waals surface area contributed by atoms with E-state index in [0.29, 0.717) is 5.25 Å². The minimum absolute atomic E-state index is 0.486. The summed E-state index contributed by atoms with van der Waals surface area (Å²) in [5.41, 5.74) is 0.938. The van der Waals surface area contributed by atoms with Crippen LogP contribution in [-0.2, 0) is 0 Å². The Morgan fingerprint density at radius 3 is 2.79 bits per heavy atom. The zero-order chi connectivity index (χ0) is 13.8. The first-order chi connectivity index (χ1) is 9.11. The van der Waals surface area contributed by atoms with Crippen LogP contribution < -0.4 is 4.74 Å². The number of ether oxygens (including phenoxy) is 1. The number of aliphatic hydroxyl groups excluding tert-OH is 1. The summed E-state index contributed by atoms with van der Waals surface area (Å²) in [6.45, 7) is 4.15. The molecule has 0 spiro atoms. The molecule has 3 atom stereocenters. The van der Waals surface area contributed by atoms with Crippen LogP contribution in [0.25, 0.3) is 0 Å². The third-order valence-corrected chi connectivity index (χ3v) is 5.22. The quantitative estimate of drug-likeness (QED) is 0.885. The fourth-order valence-corrected chi connectivity index (χ4v) is 4.51. The smallest absolute Gasteiger partial charge is 0.125 e. The Labute approximate surface area is 120 Å². The Balaban J connectivity index is 2.19. The van der Waals surface area contributed by atoms with Gasteiger partial charge in [0, 0.05) is 15.7 Å². The van der Waals surface area contributed by atoms with Crippen molar-refractivity contribution in [3.05, 3.63) is 23.8 Å². The highest BCUT2D eigenvalue weighted by Crippen LogP contribution is 2.41. The number of hydrogen-bond donors (Lipinski definition) is 1. The maximum atomic E-state index is 10.0. The van der Waals surface area contributed by atoms with Crippen LogP contribution in [0.4, 0.5) is 0 Å². The molecule has 0 saturated heterocycles. The Kier molecular flexibility index (Phi) is 5.17. The van der Waals surface area contributed by atoms with E-state index in [9.17, 15) is 5.11 Å². The summed E-state index contributed by atoms with van der Waals surface area (Å²) in [6, 6.07) is 6.05. The van der Waals surface area contributed by atoms with Gasteiger partial charge in [-0.1, -0.05) is 25.8 Å². The van der Waals surface area contributed by atoms with E-state index in [0.717, 1.165) is 17.2 Å². The van der Waals surface area contributed by atoms with E-state index in [2.05, 4.69) is 13.0 Å². The van der Waals surface area contributed by atoms with Crippen LogP contribution in [0.15, 0.2) is 23.1 Å². The molecule has 3 unspecified atom stereocenters. The maximum Gasteiger partial charge on any atom is 0.125 e. The molecule has 0 bridgehead atoms. The lowest BCUT2D eigenvalue weighted by molar-refractivity contribution is 0.191. The Bertz CT molecular complexity index is 417. The summed E-state index contributed by atoms with van der Waals surface area (Å²) in [4.78, 5) is 1.17. The van der Waals surface area contributed by atoms with Crippen LogP contribution in [0.1, 0.15) is 51.2 Å². The van der Waals surface area contributed by atoms with Crippen molar-refractivity contribution >= 4 is 11.8 Å². The Morgan fingerprint density at radius 2 is 2.16 bits per heavy atom. The summed E-state index contributed by atoms with van der Waals surface area (Å²) in [6.07, 6.45) is 4.76. The molecule has 1 aliphatic carbocycles. The zero-order valence-electron chi connectivity index (χ0n) is 12.1. The van der Waals surface area contributed by atoms with Gasteiger partial charge in [-0.05, 0) is 37.8 Å². The van der Waals surface area contributed by atoms with Gasteiger partial charge in [0.15, 0.2) is 0 Å². The number of thioether (sulfide) groups is 1. The molecule has 2 rings (SSSR count). The highest BCUT2D eigenvalue weighted by molar-refractivity contribution is 8.00. The predicted molar refractivity (Wildman–Crippen MR) is 80.9 cm³/mol. The molecule has 1 saturated carbocycles. The third kappa shape index (κ3) is 3.67. The van der Waals surface area contributed by atoms with Crippen molar-refractivity contribution in [3.63, 3.8) is 0 Å². The minimum atomic E-state index is -0.486. The van der Waals surface area contributed by atoms with Crippen LogP contribution >= 0.6 is 11.8 Å². The first-order valence-electron chi connectivity index (χ1n) is 7.13. The van der Waals surface area contributed by atoms with Crippen LogP contribution in [0.3, 0.4) is 0 Å². The molecule has 1 aromatic rings. The van der Waals surface area contributed by atoms with Gasteiger partial charge in [-0.25, -0.2) is 0 Å². The molecular weight excluding hydrogens is 256 g/mol. The lowest BCUT2D eigenvalue weighted by Gasteiger charge is -2.27. The van der Waals surface area contributed by atoms with Gasteiger partial charge in [0.2, 0.25) is 0 Å². The monoisotopic (exact) mass is 280 g/mol. The third-order valence-electron chi connectivity index (χ3n) is 3.85. The number of methoxy groups -OCH3 is 1. The summed E-state index contributed by atoms with van der Waals surface area (Å²) in [5, 5.41) is 10.7. The number of hydrogen-bond acceptors (Lipinski definition) is 3. The minimum Gasteiger partial charge on any atom is -0.496 e. The molecule has 0 aliphatic heterocycles. The fourth-order valence-electron chi connectivity index (χ4n) is 2.88. The molecular formula is C16H24O2S. The molecule has 1 fully saturated rings. The van der Waals surface area contributed by atoms with E-state index < -0.39 is 6.10 Å². The zero-order valence-corrected chi connectivity index (χ0v) is 12.9. The van der Waals surface area contributed by atoms with Gasteiger partial charge in [-0.2, -0.15) is 0 Å². The lowest BCUT2D eigenvalue weighted by atomic mass is 9.91. The van der Waals surface area contributed by atoms with Crippen molar-refractivity contribution in [2.45, 2.75) is 55.8 Å². The predicted octanol–water partition coefficient (Wildman–Crippen LogP) is 4.42. The summed E-state index contributed by atoms with van der Waals surface area (Å²) >= 11 is 1.91. The van der Waals surface area contributed by atoms with Crippen molar-refractivity contribution in [2.24, 2.45) is 5.92 Å². The summed E-state index contributed by atoms with van der Waals surface area (Å²) < 4.78 is 5.38. The van der Waals surface area contributed by atoms with E-state index in [4.69, 9.17) is 4.74 Å². The Hall–Kier alpha value is -0.670. The van der Waals surface area contributed by atoms with Crippen molar-refractivity contribution in [3.8, 4) is 5.75 Å². The highest BCUT2D eigenvalue weighted by atomic mass is 32.2. The molecule has 19 heavy (non-hydrogen) atoms. The van der Waals surface area contributed by atoms with Crippen LogP contribution in [-0.4, -0.2) is 17.5 Å². The molecule has 3 heteroatoms. The molecule has 1 N–H and O–H groups in total. The fraction of sp³-hybridized carbons (Fsp3) is 0.625. The number of benzene rings is 1. The van der Waals surface area contributed by atoms with Gasteiger partial charge in [0.1, 0.15) is 5.75 Å². The number of aliphatic hydroxyl groups is 1. The Morgan fingerprint density at radius 1 is 1.37 bits per heavy atom. The second-order valence-electron chi connectivity index (χ2n) is 5.56. The van der Waals surface area contributed by atoms with E-state index >= 15 is 0 Å². The molecule has 0 amide bonds. The molecule has 2 nitrogen and oxygen atoms in total. The first-order valence-corrected chi connectivity index (χ1v) is 8.01.